The third kappa shape index (κ3) is 1.07. The van der Waals surface area contributed by atoms with E-state index in [0.717, 1.165) is 12.0 Å². The number of hydrogen-bond donors (Lipinski definition) is 0. The Kier molecular flexibility index (Phi) is 1.69. The highest BCUT2D eigenvalue weighted by molar-refractivity contribution is 5.09. The largest absolute Gasteiger partial charge is 0.657 e. The van der Waals surface area contributed by atoms with Crippen molar-refractivity contribution in [2.75, 3.05) is 0 Å². The van der Waals surface area contributed by atoms with Gasteiger partial charge in [-0.3, -0.25) is 0 Å². The van der Waals surface area contributed by atoms with E-state index in [0.29, 0.717) is 6.04 Å². The molecule has 10 heavy (non-hydrogen) atoms. The summed E-state index contributed by atoms with van der Waals surface area (Å²) in [4.78, 5) is 0. The van der Waals surface area contributed by atoms with Gasteiger partial charge < -0.3 is 5.32 Å². The van der Waals surface area contributed by atoms with Gasteiger partial charge in [0, 0.05) is 0 Å². The fraction of sp³-hybridized carbons (Fsp3) is 1.00. The van der Waals surface area contributed by atoms with Crippen molar-refractivity contribution < 1.29 is 0 Å². The van der Waals surface area contributed by atoms with Gasteiger partial charge in [0.15, 0.2) is 0 Å². The van der Waals surface area contributed by atoms with Gasteiger partial charge in [-0.2, -0.15) is 0 Å². The minimum absolute atomic E-state index is 0.674. The van der Waals surface area contributed by atoms with Gasteiger partial charge in [-0.05, 0) is 0 Å². The highest BCUT2D eigenvalue weighted by Gasteiger charge is 2.23. The molecular formula is C9H16N-. The summed E-state index contributed by atoms with van der Waals surface area (Å²) in [7, 11) is 0. The molecule has 0 aromatic carbocycles. The summed E-state index contributed by atoms with van der Waals surface area (Å²) < 4.78 is 0. The lowest BCUT2D eigenvalue weighted by Crippen LogP contribution is -2.17. The van der Waals surface area contributed by atoms with E-state index < -0.39 is 0 Å². The van der Waals surface area contributed by atoms with Gasteiger partial charge in [0.1, 0.15) is 0 Å². The maximum absolute atomic E-state index is 4.71. The summed E-state index contributed by atoms with van der Waals surface area (Å²) in [5.74, 6) is 0.976. The molecule has 3 atom stereocenters. The van der Waals surface area contributed by atoms with Crippen molar-refractivity contribution in [1.82, 2.24) is 0 Å². The van der Waals surface area contributed by atoms with E-state index in [2.05, 4.69) is 6.92 Å². The summed E-state index contributed by atoms with van der Waals surface area (Å²) in [5.41, 5.74) is 0. The smallest absolute Gasteiger partial charge is 0.0519 e. The Morgan fingerprint density at radius 3 is 2.80 bits per heavy atom. The van der Waals surface area contributed by atoms with Crippen LogP contribution in [0.4, 0.5) is 0 Å². The first-order valence-electron chi connectivity index (χ1n) is 4.56. The summed E-state index contributed by atoms with van der Waals surface area (Å²) in [6.45, 7) is 2.26. The minimum atomic E-state index is 0.674. The molecule has 0 aromatic rings. The van der Waals surface area contributed by atoms with Crippen LogP contribution < -0.4 is 0 Å². The van der Waals surface area contributed by atoms with Crippen LogP contribution in [0.25, 0.3) is 5.32 Å². The van der Waals surface area contributed by atoms with Crippen LogP contribution in [0.5, 0.6) is 0 Å². The molecule has 1 aliphatic carbocycles. The van der Waals surface area contributed by atoms with E-state index in [9.17, 15) is 0 Å². The van der Waals surface area contributed by atoms with Crippen LogP contribution in [0, 0.1) is 5.92 Å². The standard InChI is InChI=1S/C9H16N/c1-7-6-8-4-2-3-5-9(8)10-7/h7-9H,2-6H2,1H3/q-1. The number of rotatable bonds is 0. The summed E-state index contributed by atoms with van der Waals surface area (Å²) in [5, 5.41) is 4.71. The Morgan fingerprint density at radius 1 is 1.20 bits per heavy atom. The monoisotopic (exact) mass is 138 g/mol. The first-order valence-corrected chi connectivity index (χ1v) is 4.56. The molecule has 0 radical (unpaired) electrons. The number of hydrogen-bond acceptors (Lipinski definition) is 0. The maximum atomic E-state index is 4.71. The lowest BCUT2D eigenvalue weighted by atomic mass is 9.85. The van der Waals surface area contributed by atoms with Crippen LogP contribution in [-0.4, -0.2) is 12.1 Å². The predicted molar refractivity (Wildman–Crippen MR) is 43.2 cm³/mol. The molecule has 1 heterocycles. The minimum Gasteiger partial charge on any atom is -0.657 e. The molecule has 1 aliphatic heterocycles. The first kappa shape index (κ1) is 6.66. The highest BCUT2D eigenvalue weighted by atomic mass is 15.0. The SMILES string of the molecule is CC1CC2CCCCC2[N-]1. The zero-order valence-corrected chi connectivity index (χ0v) is 6.71. The molecular weight excluding hydrogens is 122 g/mol. The second-order valence-electron chi connectivity index (χ2n) is 3.85. The Balaban J connectivity index is 1.97. The topological polar surface area (TPSA) is 14.1 Å². The lowest BCUT2D eigenvalue weighted by molar-refractivity contribution is 0.357. The van der Waals surface area contributed by atoms with E-state index >= 15 is 0 Å². The molecule has 0 spiro atoms. The van der Waals surface area contributed by atoms with Gasteiger partial charge in [-0.1, -0.05) is 44.9 Å². The normalized spacial score (nSPS) is 47.1. The molecule has 2 rings (SSSR count). The molecule has 2 fully saturated rings. The fourth-order valence-corrected chi connectivity index (χ4v) is 2.49. The molecule has 2 aliphatic rings. The van der Waals surface area contributed by atoms with Gasteiger partial charge in [-0.15, -0.1) is 12.1 Å². The van der Waals surface area contributed by atoms with Crippen molar-refractivity contribution in [1.29, 1.82) is 0 Å². The molecule has 0 aromatic heterocycles. The van der Waals surface area contributed by atoms with Crippen molar-refractivity contribution in [3.8, 4) is 0 Å². The summed E-state index contributed by atoms with van der Waals surface area (Å²) >= 11 is 0. The Hall–Kier alpha value is -0.0400. The van der Waals surface area contributed by atoms with Crippen molar-refractivity contribution >= 4 is 0 Å². The average Bonchev–Trinajstić information content (AvgIpc) is 2.27. The summed E-state index contributed by atoms with van der Waals surface area (Å²) in [6.07, 6.45) is 7.11. The number of fused-ring (bicyclic) bond motifs is 1. The van der Waals surface area contributed by atoms with Crippen LogP contribution in [0.1, 0.15) is 39.0 Å². The Bertz CT molecular complexity index is 108. The Labute approximate surface area is 63.2 Å². The first-order chi connectivity index (χ1) is 4.86. The molecule has 0 amide bonds. The van der Waals surface area contributed by atoms with Crippen LogP contribution in [-0.2, 0) is 0 Å². The van der Waals surface area contributed by atoms with Gasteiger partial charge in [0.05, 0.1) is 0 Å². The molecule has 1 heteroatoms. The van der Waals surface area contributed by atoms with E-state index in [1.54, 1.807) is 0 Å². The fourth-order valence-electron chi connectivity index (χ4n) is 2.49. The molecule has 0 N–H and O–H groups in total. The van der Waals surface area contributed by atoms with Crippen LogP contribution in [0.15, 0.2) is 0 Å². The zero-order valence-electron chi connectivity index (χ0n) is 6.71. The van der Waals surface area contributed by atoms with Crippen LogP contribution in [0.2, 0.25) is 0 Å². The van der Waals surface area contributed by atoms with Gasteiger partial charge in [0.25, 0.3) is 0 Å². The molecule has 3 unspecified atom stereocenters. The van der Waals surface area contributed by atoms with Crippen molar-refractivity contribution in [3.05, 3.63) is 5.32 Å². The maximum Gasteiger partial charge on any atom is -0.0519 e. The predicted octanol–water partition coefficient (Wildman–Crippen LogP) is 2.71. The zero-order chi connectivity index (χ0) is 6.97. The second-order valence-corrected chi connectivity index (χ2v) is 3.85. The summed E-state index contributed by atoms with van der Waals surface area (Å²) in [6, 6.07) is 1.44. The van der Waals surface area contributed by atoms with E-state index in [1.807, 2.05) is 0 Å². The van der Waals surface area contributed by atoms with Crippen molar-refractivity contribution in [2.24, 2.45) is 5.92 Å². The van der Waals surface area contributed by atoms with E-state index in [1.165, 1.54) is 32.1 Å². The molecule has 1 saturated carbocycles. The molecule has 1 nitrogen and oxygen atoms in total. The third-order valence-electron chi connectivity index (χ3n) is 2.96. The quantitative estimate of drug-likeness (QED) is 0.488. The molecule has 1 saturated heterocycles. The van der Waals surface area contributed by atoms with Crippen molar-refractivity contribution in [3.63, 3.8) is 0 Å². The lowest BCUT2D eigenvalue weighted by Gasteiger charge is -2.33. The second kappa shape index (κ2) is 2.54. The van der Waals surface area contributed by atoms with E-state index in [4.69, 9.17) is 5.32 Å². The molecule has 0 bridgehead atoms. The third-order valence-corrected chi connectivity index (χ3v) is 2.96. The number of nitrogens with zero attached hydrogens (tertiary/aromatic N) is 1. The van der Waals surface area contributed by atoms with Gasteiger partial charge in [-0.25, -0.2) is 0 Å². The highest BCUT2D eigenvalue weighted by Crippen LogP contribution is 2.40. The van der Waals surface area contributed by atoms with E-state index in [-0.39, 0.29) is 0 Å². The molecule has 58 valence electrons. The average molecular weight is 138 g/mol. The van der Waals surface area contributed by atoms with Crippen LogP contribution >= 0.6 is 0 Å². The van der Waals surface area contributed by atoms with Crippen LogP contribution in [0.3, 0.4) is 0 Å². The van der Waals surface area contributed by atoms with Gasteiger partial charge >= 0.3 is 0 Å². The van der Waals surface area contributed by atoms with Gasteiger partial charge in [0.2, 0.25) is 0 Å². The Morgan fingerprint density at radius 2 is 2.00 bits per heavy atom. The van der Waals surface area contributed by atoms with Crippen molar-refractivity contribution in [2.45, 2.75) is 51.1 Å².